The van der Waals surface area contributed by atoms with Crippen molar-refractivity contribution < 1.29 is 30.7 Å². The van der Waals surface area contributed by atoms with Crippen LogP contribution in [-0.4, -0.2) is 10.8 Å². The van der Waals surface area contributed by atoms with Crippen molar-refractivity contribution in [1.82, 2.24) is 4.31 Å². The van der Waals surface area contributed by atoms with Crippen LogP contribution in [0.1, 0.15) is 103 Å². The summed E-state index contributed by atoms with van der Waals surface area (Å²) in [6.45, 7) is 18.7. The Bertz CT molecular complexity index is 2050. The molecule has 284 valence electrons. The first kappa shape index (κ1) is 40.4. The van der Waals surface area contributed by atoms with Crippen LogP contribution in [0.3, 0.4) is 0 Å². The third kappa shape index (κ3) is 8.04. The molecule has 5 rings (SSSR count). The van der Waals surface area contributed by atoms with E-state index in [9.17, 15) is 4.39 Å². The third-order valence-corrected chi connectivity index (χ3v) is 11.0. The molecule has 0 bridgehead atoms. The summed E-state index contributed by atoms with van der Waals surface area (Å²) in [4.78, 5) is 1.21. The highest BCUT2D eigenvalue weighted by atomic mass is 32.2. The van der Waals surface area contributed by atoms with Crippen LogP contribution in [0.15, 0.2) is 59.6 Å². The molecule has 0 N–H and O–H groups in total. The van der Waals surface area contributed by atoms with E-state index in [1.165, 1.54) is 16.8 Å². The van der Waals surface area contributed by atoms with Crippen molar-refractivity contribution in [2.75, 3.05) is 11.4 Å². The van der Waals surface area contributed by atoms with Gasteiger partial charge in [0, 0.05) is 48.2 Å². The minimum Gasteiger partial charge on any atom is -0.340 e. The minimum absolute atomic E-state index is 0.0626. The lowest BCUT2D eigenvalue weighted by Gasteiger charge is -2.35. The van der Waals surface area contributed by atoms with Gasteiger partial charge in [0.1, 0.15) is 5.82 Å². The first-order chi connectivity index (χ1) is 24.8. The standard InChI is InChI=1S/C43H47F7N2S/c1-10-12-28-14-15-35(24(3)16-28)52(22-30-17-29(13-11-2)18-31(19-30)42(7,8)9)25(4)21-51-23-32-37(33(44)20-34(45)39(32)47)43(49,50)36-26(5)27(6)38(46)40(48)41(36)53-51/h14-20H,4,10-13,21-23H2,1-3,5-9H3. The summed E-state index contributed by atoms with van der Waals surface area (Å²) in [7, 11) is 0. The largest absolute Gasteiger partial charge is 0.340 e. The molecule has 0 aliphatic carbocycles. The zero-order valence-electron chi connectivity index (χ0n) is 31.6. The van der Waals surface area contributed by atoms with Crippen molar-refractivity contribution in [1.29, 1.82) is 0 Å². The van der Waals surface area contributed by atoms with Gasteiger partial charge >= 0.3 is 5.92 Å². The van der Waals surface area contributed by atoms with E-state index in [0.29, 0.717) is 24.2 Å². The molecule has 53 heavy (non-hydrogen) atoms. The predicted molar refractivity (Wildman–Crippen MR) is 201 cm³/mol. The lowest BCUT2D eigenvalue weighted by molar-refractivity contribution is 0.0316. The van der Waals surface area contributed by atoms with Gasteiger partial charge in [0.15, 0.2) is 23.3 Å². The molecule has 0 aromatic heterocycles. The Balaban J connectivity index is 1.67. The van der Waals surface area contributed by atoms with Gasteiger partial charge in [0.2, 0.25) is 0 Å². The number of aryl methyl sites for hydroxylation is 3. The van der Waals surface area contributed by atoms with Crippen LogP contribution in [0.2, 0.25) is 0 Å². The average molecular weight is 757 g/mol. The predicted octanol–water partition coefficient (Wildman–Crippen LogP) is 12.7. The molecule has 1 aliphatic heterocycles. The van der Waals surface area contributed by atoms with Crippen molar-refractivity contribution in [3.8, 4) is 0 Å². The van der Waals surface area contributed by atoms with E-state index in [1.807, 2.05) is 24.0 Å². The summed E-state index contributed by atoms with van der Waals surface area (Å²) in [5.41, 5.74) is 2.45. The van der Waals surface area contributed by atoms with Gasteiger partial charge in [-0.3, -0.25) is 0 Å². The molecule has 0 spiro atoms. The molecule has 4 aromatic carbocycles. The Labute approximate surface area is 313 Å². The monoisotopic (exact) mass is 756 g/mol. The maximum atomic E-state index is 16.4. The molecule has 0 amide bonds. The second kappa shape index (κ2) is 15.5. The number of benzene rings is 4. The number of hydrogen-bond acceptors (Lipinski definition) is 3. The smallest absolute Gasteiger partial charge is 0.303 e. The van der Waals surface area contributed by atoms with E-state index in [2.05, 4.69) is 65.5 Å². The number of nitrogens with zero attached hydrogens (tertiary/aromatic N) is 2. The summed E-state index contributed by atoms with van der Waals surface area (Å²) < 4.78 is 111. The normalized spacial score (nSPS) is 14.4. The van der Waals surface area contributed by atoms with Crippen LogP contribution in [0.5, 0.6) is 0 Å². The zero-order valence-corrected chi connectivity index (χ0v) is 32.5. The first-order valence-corrected chi connectivity index (χ1v) is 18.7. The molecule has 1 heterocycles. The van der Waals surface area contributed by atoms with E-state index in [1.54, 1.807) is 0 Å². The summed E-state index contributed by atoms with van der Waals surface area (Å²) in [6, 6.07) is 12.7. The summed E-state index contributed by atoms with van der Waals surface area (Å²) >= 11 is 0.456. The van der Waals surface area contributed by atoms with Crippen molar-refractivity contribution in [3.05, 3.63) is 139 Å². The third-order valence-electron chi connectivity index (χ3n) is 9.97. The maximum absolute atomic E-state index is 16.4. The van der Waals surface area contributed by atoms with Gasteiger partial charge in [0.05, 0.1) is 10.5 Å². The van der Waals surface area contributed by atoms with Crippen LogP contribution in [-0.2, 0) is 37.3 Å². The lowest BCUT2D eigenvalue weighted by Crippen LogP contribution is -2.34. The highest BCUT2D eigenvalue weighted by Gasteiger charge is 2.47. The number of hydrogen-bond donors (Lipinski definition) is 0. The molecule has 0 fully saturated rings. The minimum atomic E-state index is -4.32. The van der Waals surface area contributed by atoms with E-state index < -0.39 is 68.7 Å². The summed E-state index contributed by atoms with van der Waals surface area (Å²) in [5, 5.41) is 0. The lowest BCUT2D eigenvalue weighted by atomic mass is 9.84. The zero-order chi connectivity index (χ0) is 39.2. The van der Waals surface area contributed by atoms with Crippen LogP contribution < -0.4 is 4.90 Å². The number of rotatable bonds is 10. The highest BCUT2D eigenvalue weighted by molar-refractivity contribution is 7.97. The molecule has 0 saturated carbocycles. The molecule has 10 heteroatoms. The first-order valence-electron chi connectivity index (χ1n) is 17.9. The molecule has 0 unspecified atom stereocenters. The Morgan fingerprint density at radius 3 is 2.06 bits per heavy atom. The molecule has 0 atom stereocenters. The van der Waals surface area contributed by atoms with Crippen molar-refractivity contribution in [2.24, 2.45) is 0 Å². The fraction of sp³-hybridized carbons (Fsp3) is 0.395. The second-order valence-electron chi connectivity index (χ2n) is 15.1. The van der Waals surface area contributed by atoms with Crippen LogP contribution in [0.25, 0.3) is 0 Å². The molecule has 1 aliphatic rings. The second-order valence-corrected chi connectivity index (χ2v) is 16.2. The van der Waals surface area contributed by atoms with Crippen LogP contribution in [0.4, 0.5) is 36.4 Å². The van der Waals surface area contributed by atoms with Gasteiger partial charge in [-0.2, -0.15) is 8.78 Å². The van der Waals surface area contributed by atoms with Gasteiger partial charge < -0.3 is 4.90 Å². The summed E-state index contributed by atoms with van der Waals surface area (Å²) in [6.07, 6.45) is 3.65. The highest BCUT2D eigenvalue weighted by Crippen LogP contribution is 2.50. The number of anilines is 1. The van der Waals surface area contributed by atoms with E-state index in [4.69, 9.17) is 0 Å². The molecule has 0 saturated heterocycles. The SMILES string of the molecule is C=C(CN1Cc2c(F)c(F)cc(F)c2C(F)(F)c2c(C)c(C)c(F)c(F)c2S1)N(Cc1cc(CCC)cc(C(C)(C)C)c1)c1ccc(CCC)cc1C. The van der Waals surface area contributed by atoms with Gasteiger partial charge in [-0.05, 0) is 96.0 Å². The molecule has 4 aromatic rings. The Morgan fingerprint density at radius 1 is 0.792 bits per heavy atom. The van der Waals surface area contributed by atoms with E-state index in [0.717, 1.165) is 60.5 Å². The average Bonchev–Trinajstić information content (AvgIpc) is 3.06. The van der Waals surface area contributed by atoms with Crippen LogP contribution >= 0.6 is 11.9 Å². The quantitative estimate of drug-likeness (QED) is 0.0904. The molecule has 2 nitrogen and oxygen atoms in total. The van der Waals surface area contributed by atoms with Gasteiger partial charge in [0.25, 0.3) is 0 Å². The Kier molecular flexibility index (Phi) is 11.9. The van der Waals surface area contributed by atoms with Crippen LogP contribution in [0, 0.1) is 49.9 Å². The fourth-order valence-electron chi connectivity index (χ4n) is 7.07. The van der Waals surface area contributed by atoms with Gasteiger partial charge in [-0.1, -0.05) is 84.4 Å². The number of alkyl halides is 2. The van der Waals surface area contributed by atoms with Crippen molar-refractivity contribution >= 4 is 17.6 Å². The Morgan fingerprint density at radius 2 is 1.43 bits per heavy atom. The Hall–Kier alpha value is -3.76. The van der Waals surface area contributed by atoms with Gasteiger partial charge in [-0.25, -0.2) is 26.3 Å². The summed E-state index contributed by atoms with van der Waals surface area (Å²) in [5.74, 6) is -12.1. The van der Waals surface area contributed by atoms with Gasteiger partial charge in [-0.15, -0.1) is 0 Å². The maximum Gasteiger partial charge on any atom is 0.303 e. The van der Waals surface area contributed by atoms with Crippen molar-refractivity contribution in [3.63, 3.8) is 0 Å². The van der Waals surface area contributed by atoms with Crippen molar-refractivity contribution in [2.45, 2.75) is 110 Å². The number of fused-ring (bicyclic) bond motifs is 2. The molecular weight excluding hydrogens is 710 g/mol. The fourth-order valence-corrected chi connectivity index (χ4v) is 8.27. The number of halogens is 7. The van der Waals surface area contributed by atoms with E-state index in [-0.39, 0.29) is 23.6 Å². The molecular formula is C43H47F7N2S. The van der Waals surface area contributed by atoms with E-state index >= 15 is 26.3 Å². The molecule has 0 radical (unpaired) electrons. The topological polar surface area (TPSA) is 6.48 Å².